The fourth-order valence-corrected chi connectivity index (χ4v) is 1.54. The average molecular weight is 277 g/mol. The number of hydrogen-bond acceptors (Lipinski definition) is 7. The Bertz CT molecular complexity index is 284. The van der Waals surface area contributed by atoms with E-state index >= 15 is 0 Å². The molecule has 0 heterocycles. The van der Waals surface area contributed by atoms with E-state index in [1.165, 1.54) is 0 Å². The zero-order valence-electron chi connectivity index (χ0n) is 8.22. The summed E-state index contributed by atoms with van der Waals surface area (Å²) in [6, 6.07) is -0.672. The van der Waals surface area contributed by atoms with Crippen LogP contribution in [0.4, 0.5) is 0 Å². The number of phosphoric acid groups is 2. The summed E-state index contributed by atoms with van der Waals surface area (Å²) in [5.74, 6) is 0. The topological polar surface area (TPSA) is 165 Å². The third-order valence-electron chi connectivity index (χ3n) is 1.43. The number of phosphoric ester groups is 2. The van der Waals surface area contributed by atoms with Gasteiger partial charge in [0.05, 0.1) is 21.0 Å². The molecule has 0 aliphatic carbocycles. The van der Waals surface area contributed by atoms with E-state index in [1.807, 2.05) is 0 Å². The summed E-state index contributed by atoms with van der Waals surface area (Å²) in [6.07, 6.45) is 0.375. The van der Waals surface area contributed by atoms with Crippen molar-refractivity contribution in [3.63, 3.8) is 0 Å². The predicted octanol–water partition coefficient (Wildman–Crippen LogP) is -1.95. The molecule has 0 aliphatic heterocycles. The lowest BCUT2D eigenvalue weighted by Gasteiger charge is -2.28. The van der Waals surface area contributed by atoms with E-state index in [9.17, 15) is 18.9 Å². The second kappa shape index (κ2) is 6.80. The maximum atomic E-state index is 10.3. The van der Waals surface area contributed by atoms with Crippen LogP contribution in [0.5, 0.6) is 0 Å². The van der Waals surface area contributed by atoms with E-state index in [4.69, 9.17) is 15.5 Å². The fraction of sp³-hybridized carbons (Fsp3) is 1.00. The molecule has 0 bridgehead atoms. The molecule has 0 spiro atoms. The summed E-state index contributed by atoms with van der Waals surface area (Å²) in [5, 5.41) is 0. The highest BCUT2D eigenvalue weighted by molar-refractivity contribution is 7.46. The molecule has 0 radical (unpaired) electrons. The maximum Gasteiger partial charge on any atom is 0.469 e. The monoisotopic (exact) mass is 277 g/mol. The first-order valence-electron chi connectivity index (χ1n) is 4.22. The molecule has 0 rings (SSSR count). The van der Waals surface area contributed by atoms with Crippen LogP contribution in [0.3, 0.4) is 0 Å². The Labute approximate surface area is 92.0 Å². The highest BCUT2D eigenvalue weighted by Gasteiger charge is 2.15. The molecule has 4 N–H and O–H groups in total. The second-order valence-electron chi connectivity index (χ2n) is 2.97. The largest absolute Gasteiger partial charge is 0.790 e. The van der Waals surface area contributed by atoms with Crippen LogP contribution in [0, 0.1) is 0 Å². The van der Waals surface area contributed by atoms with Gasteiger partial charge in [0.1, 0.15) is 0 Å². The van der Waals surface area contributed by atoms with Gasteiger partial charge in [0.15, 0.2) is 0 Å². The minimum absolute atomic E-state index is 0.167. The Balaban J connectivity index is 3.56. The van der Waals surface area contributed by atoms with Crippen LogP contribution in [0.1, 0.15) is 12.8 Å². The molecule has 0 fully saturated rings. The molecule has 0 amide bonds. The summed E-state index contributed by atoms with van der Waals surface area (Å²) in [5.41, 5.74) is 5.38. The Morgan fingerprint density at radius 2 is 1.81 bits per heavy atom. The lowest BCUT2D eigenvalue weighted by Crippen LogP contribution is -2.26. The first-order valence-corrected chi connectivity index (χ1v) is 7.21. The van der Waals surface area contributed by atoms with E-state index in [-0.39, 0.29) is 26.1 Å². The standard InChI is InChI=1S/C5H15NO8P2/c6-5(4-14-16(10,11)12)2-1-3-13-15(7,8)9/h5H,1-4,6H2,(H2,7,8,9)(H2,10,11,12)/p-2/t5-/m0/s1. The van der Waals surface area contributed by atoms with Gasteiger partial charge in [0.25, 0.3) is 0 Å². The summed E-state index contributed by atoms with van der Waals surface area (Å²) < 4.78 is 28.3. The molecule has 0 aromatic rings. The van der Waals surface area contributed by atoms with Crippen molar-refractivity contribution < 1.29 is 37.8 Å². The zero-order chi connectivity index (χ0) is 12.8. The van der Waals surface area contributed by atoms with Crippen LogP contribution < -0.4 is 15.5 Å². The molecule has 0 aliphatic rings. The van der Waals surface area contributed by atoms with Gasteiger partial charge in [-0.3, -0.25) is 4.52 Å². The molecular weight excluding hydrogens is 264 g/mol. The van der Waals surface area contributed by atoms with Gasteiger partial charge in [0.2, 0.25) is 0 Å². The van der Waals surface area contributed by atoms with E-state index < -0.39 is 21.7 Å². The lowest BCUT2D eigenvalue weighted by atomic mass is 10.2. The molecule has 0 aromatic heterocycles. The highest BCUT2D eigenvalue weighted by Crippen LogP contribution is 2.35. The maximum absolute atomic E-state index is 10.3. The Morgan fingerprint density at radius 3 is 2.25 bits per heavy atom. The zero-order valence-corrected chi connectivity index (χ0v) is 10.0. The normalized spacial score (nSPS) is 15.1. The molecule has 0 unspecified atom stereocenters. The minimum Gasteiger partial charge on any atom is -0.790 e. The van der Waals surface area contributed by atoms with Gasteiger partial charge in [-0.15, -0.1) is 0 Å². The van der Waals surface area contributed by atoms with Crippen molar-refractivity contribution in [3.8, 4) is 0 Å². The Kier molecular flexibility index (Phi) is 6.88. The van der Waals surface area contributed by atoms with Crippen molar-refractivity contribution in [2.75, 3.05) is 13.2 Å². The van der Waals surface area contributed by atoms with Crippen LogP contribution in [-0.2, 0) is 18.2 Å². The SMILES string of the molecule is N[C@@H](CCCOP(=O)([O-])[O-])COP(=O)(O)O. The van der Waals surface area contributed by atoms with E-state index in [2.05, 4.69) is 9.05 Å². The quantitative estimate of drug-likeness (QED) is 0.337. The molecule has 0 saturated heterocycles. The molecule has 0 saturated carbocycles. The number of hydrogen-bond donors (Lipinski definition) is 3. The van der Waals surface area contributed by atoms with E-state index in [1.54, 1.807) is 0 Å². The van der Waals surface area contributed by atoms with Crippen molar-refractivity contribution in [2.24, 2.45) is 5.73 Å². The van der Waals surface area contributed by atoms with Crippen LogP contribution in [0.15, 0.2) is 0 Å². The van der Waals surface area contributed by atoms with Crippen molar-refractivity contribution in [1.29, 1.82) is 0 Å². The predicted molar refractivity (Wildman–Crippen MR) is 48.8 cm³/mol. The molecular formula is C5H13NO8P2-2. The van der Waals surface area contributed by atoms with Crippen LogP contribution >= 0.6 is 15.6 Å². The third-order valence-corrected chi connectivity index (χ3v) is 2.41. The summed E-state index contributed by atoms with van der Waals surface area (Å²) in [4.78, 5) is 36.7. The highest BCUT2D eigenvalue weighted by atomic mass is 31.2. The van der Waals surface area contributed by atoms with Crippen LogP contribution in [-0.4, -0.2) is 29.0 Å². The summed E-state index contributed by atoms with van der Waals surface area (Å²) in [6.45, 7) is -0.676. The summed E-state index contributed by atoms with van der Waals surface area (Å²) in [7, 11) is -9.51. The van der Waals surface area contributed by atoms with Gasteiger partial charge < -0.3 is 34.4 Å². The molecule has 9 nitrogen and oxygen atoms in total. The van der Waals surface area contributed by atoms with Gasteiger partial charge in [-0.1, -0.05) is 0 Å². The molecule has 1 atom stereocenters. The molecule has 16 heavy (non-hydrogen) atoms. The Morgan fingerprint density at radius 1 is 1.25 bits per heavy atom. The van der Waals surface area contributed by atoms with Gasteiger partial charge in [-0.2, -0.15) is 0 Å². The molecule has 0 aromatic carbocycles. The number of rotatable bonds is 8. The first kappa shape index (κ1) is 16.2. The van der Waals surface area contributed by atoms with E-state index in [0.29, 0.717) is 0 Å². The number of nitrogens with two attached hydrogens (primary N) is 1. The van der Waals surface area contributed by atoms with Crippen molar-refractivity contribution >= 4 is 15.6 Å². The van der Waals surface area contributed by atoms with Crippen LogP contribution in [0.25, 0.3) is 0 Å². The van der Waals surface area contributed by atoms with Gasteiger partial charge in [-0.25, -0.2) is 4.57 Å². The van der Waals surface area contributed by atoms with Crippen molar-refractivity contribution in [3.05, 3.63) is 0 Å². The second-order valence-corrected chi connectivity index (χ2v) is 5.36. The first-order chi connectivity index (χ1) is 7.10. The minimum atomic E-state index is -4.96. The van der Waals surface area contributed by atoms with Crippen molar-refractivity contribution in [1.82, 2.24) is 0 Å². The van der Waals surface area contributed by atoms with Gasteiger partial charge in [0, 0.05) is 6.04 Å². The lowest BCUT2D eigenvalue weighted by molar-refractivity contribution is -0.341. The van der Waals surface area contributed by atoms with Gasteiger partial charge in [-0.05, 0) is 12.8 Å². The fourth-order valence-electron chi connectivity index (χ4n) is 0.798. The Hall–Kier alpha value is 0.180. The van der Waals surface area contributed by atoms with Crippen LogP contribution in [0.2, 0.25) is 0 Å². The smallest absolute Gasteiger partial charge is 0.469 e. The van der Waals surface area contributed by atoms with E-state index in [0.717, 1.165) is 0 Å². The van der Waals surface area contributed by atoms with Crippen molar-refractivity contribution in [2.45, 2.75) is 18.9 Å². The molecule has 98 valence electrons. The third kappa shape index (κ3) is 12.3. The molecule has 11 heteroatoms. The average Bonchev–Trinajstić information content (AvgIpc) is 2.06. The van der Waals surface area contributed by atoms with Gasteiger partial charge >= 0.3 is 7.82 Å². The summed E-state index contributed by atoms with van der Waals surface area (Å²) >= 11 is 0.